The van der Waals surface area contributed by atoms with Crippen molar-refractivity contribution in [2.45, 2.75) is 76.6 Å². The highest BCUT2D eigenvalue weighted by molar-refractivity contribution is 5.89. The number of likely N-dealkylation sites (tertiary alicyclic amines) is 2. The van der Waals surface area contributed by atoms with Crippen LogP contribution in [-0.4, -0.2) is 90.6 Å². The summed E-state index contributed by atoms with van der Waals surface area (Å²) in [6, 6.07) is 22.9. The first kappa shape index (κ1) is 40.9. The lowest BCUT2D eigenvalue weighted by molar-refractivity contribution is -0.155. The molecule has 3 aromatic carbocycles. The Labute approximate surface area is 353 Å². The summed E-state index contributed by atoms with van der Waals surface area (Å²) in [7, 11) is 1.29. The fraction of sp³-hybridized carbons (Fsp3) is 0.348. The quantitative estimate of drug-likeness (QED) is 0.0838. The maximum atomic E-state index is 14.1. The number of fused-ring (bicyclic) bond motifs is 1. The molecule has 0 radical (unpaired) electrons. The molecule has 2 saturated heterocycles. The summed E-state index contributed by atoms with van der Waals surface area (Å²) in [5, 5.41) is 3.78. The number of nitrogens with two attached hydrogens (primary N) is 1. The van der Waals surface area contributed by atoms with Crippen molar-refractivity contribution in [2.24, 2.45) is 11.7 Å². The molecule has 1 unspecified atom stereocenters. The molecular formula is C46H51N9O6. The van der Waals surface area contributed by atoms with Crippen LogP contribution in [-0.2, 0) is 25.5 Å². The van der Waals surface area contributed by atoms with Crippen molar-refractivity contribution in [2.75, 3.05) is 20.2 Å². The van der Waals surface area contributed by atoms with Gasteiger partial charge in [0.25, 0.3) is 5.91 Å². The van der Waals surface area contributed by atoms with E-state index in [9.17, 15) is 19.2 Å². The van der Waals surface area contributed by atoms with Crippen molar-refractivity contribution in [1.82, 2.24) is 40.0 Å². The van der Waals surface area contributed by atoms with Crippen LogP contribution in [0.15, 0.2) is 91.4 Å². The highest BCUT2D eigenvalue weighted by Gasteiger charge is 2.47. The number of carbonyl (C=O) groups excluding carboxylic acids is 4. The number of primary amides is 1. The smallest absolute Gasteiger partial charge is 0.407 e. The SMILES string of the molecule is COC(=O)N[C@@H](Cc1c[nH]c2ccccc12)C(=O)N1CCCC1c1ncc(-c2ccc(-c3ccc(-c4cnc([C@@H]5CCCN5C(=O)[C@@](C)(OC(N)=O)C(C)C)[nH]4)cc3)cc2)[nH]1. The van der Waals surface area contributed by atoms with E-state index in [-0.39, 0.29) is 29.8 Å². The van der Waals surface area contributed by atoms with E-state index in [1.54, 1.807) is 24.2 Å². The first-order valence-electron chi connectivity index (χ1n) is 20.7. The number of alkyl carbamates (subject to hydrolysis) is 1. The number of benzene rings is 3. The minimum absolute atomic E-state index is 0.185. The van der Waals surface area contributed by atoms with E-state index in [0.717, 1.165) is 75.8 Å². The molecule has 2 aliphatic rings. The number of aromatic amines is 3. The number of aromatic nitrogens is 5. The predicted molar refractivity (Wildman–Crippen MR) is 230 cm³/mol. The molecule has 6 aromatic rings. The summed E-state index contributed by atoms with van der Waals surface area (Å²) in [5.41, 5.74) is 11.5. The Morgan fingerprint density at radius 3 is 1.92 bits per heavy atom. The Kier molecular flexibility index (Phi) is 11.4. The summed E-state index contributed by atoms with van der Waals surface area (Å²) >= 11 is 0. The second-order valence-corrected chi connectivity index (χ2v) is 16.3. The van der Waals surface area contributed by atoms with Gasteiger partial charge in [-0.2, -0.15) is 0 Å². The number of para-hydroxylation sites is 1. The van der Waals surface area contributed by atoms with Gasteiger partial charge in [-0.05, 0) is 66.5 Å². The minimum Gasteiger partial charge on any atom is -0.453 e. The lowest BCUT2D eigenvalue weighted by atomic mass is 9.90. The summed E-state index contributed by atoms with van der Waals surface area (Å²) in [4.78, 5) is 75.0. The molecule has 316 valence electrons. The number of H-pyrrole nitrogens is 3. The van der Waals surface area contributed by atoms with E-state index in [1.165, 1.54) is 7.11 Å². The molecule has 5 heterocycles. The molecule has 0 saturated carbocycles. The molecule has 8 rings (SSSR count). The van der Waals surface area contributed by atoms with Gasteiger partial charge < -0.3 is 45.3 Å². The normalized spacial score (nSPS) is 18.0. The molecule has 2 aliphatic heterocycles. The molecule has 0 bridgehead atoms. The van der Waals surface area contributed by atoms with Crippen LogP contribution in [0.1, 0.15) is 75.8 Å². The Hall–Kier alpha value is -6.90. The third-order valence-corrected chi connectivity index (χ3v) is 12.3. The lowest BCUT2D eigenvalue weighted by Crippen LogP contribution is -2.53. The van der Waals surface area contributed by atoms with Gasteiger partial charge in [-0.15, -0.1) is 0 Å². The summed E-state index contributed by atoms with van der Waals surface area (Å²) in [6.07, 6.45) is 7.24. The molecule has 61 heavy (non-hydrogen) atoms. The maximum absolute atomic E-state index is 14.1. The van der Waals surface area contributed by atoms with Gasteiger partial charge in [0.05, 0.1) is 43.0 Å². The zero-order chi connectivity index (χ0) is 42.8. The van der Waals surface area contributed by atoms with E-state index in [0.29, 0.717) is 31.2 Å². The van der Waals surface area contributed by atoms with Crippen LogP contribution >= 0.6 is 0 Å². The average molecular weight is 826 g/mol. The standard InChI is InChI=1S/C46H51N9O6/c1-27(2)46(3,61-44(47)58)43(57)55-22-8-12-39(55)41-50-26-37(52-41)31-19-15-29(16-20-31)28-13-17-30(18-14-28)36-25-49-40(51-36)38-11-7-21-54(38)42(56)35(53-45(59)60-4)23-32-24-48-34-10-6-5-9-33(32)34/h5-6,9-10,13-20,24-27,35,38-39,48H,7-8,11-12,21-23H2,1-4H3,(H2,47,58)(H,49,51)(H,50,52)(H,53,59)/t35-,38?,39-,46-/m0/s1. The summed E-state index contributed by atoms with van der Waals surface area (Å²) in [5.74, 6) is 0.638. The Bertz CT molecular complexity index is 2540. The highest BCUT2D eigenvalue weighted by Crippen LogP contribution is 2.37. The van der Waals surface area contributed by atoms with Crippen molar-refractivity contribution in [3.05, 3.63) is 109 Å². The average Bonchev–Trinajstić information content (AvgIpc) is 4.13. The highest BCUT2D eigenvalue weighted by atomic mass is 16.6. The van der Waals surface area contributed by atoms with Crippen LogP contribution in [0.4, 0.5) is 9.59 Å². The fourth-order valence-corrected chi connectivity index (χ4v) is 8.62. The number of ether oxygens (including phenoxy) is 2. The number of imidazole rings is 2. The number of hydrogen-bond acceptors (Lipinski definition) is 8. The van der Waals surface area contributed by atoms with E-state index in [1.807, 2.05) is 73.5 Å². The Morgan fingerprint density at radius 2 is 1.36 bits per heavy atom. The van der Waals surface area contributed by atoms with Crippen molar-refractivity contribution in [1.29, 1.82) is 0 Å². The largest absolute Gasteiger partial charge is 0.453 e. The van der Waals surface area contributed by atoms with Crippen LogP contribution in [0.3, 0.4) is 0 Å². The van der Waals surface area contributed by atoms with Gasteiger partial charge in [-0.3, -0.25) is 9.59 Å². The predicted octanol–water partition coefficient (Wildman–Crippen LogP) is 7.42. The van der Waals surface area contributed by atoms with Crippen LogP contribution < -0.4 is 11.1 Å². The van der Waals surface area contributed by atoms with Crippen LogP contribution in [0.25, 0.3) is 44.5 Å². The zero-order valence-electron chi connectivity index (χ0n) is 34.7. The van der Waals surface area contributed by atoms with Gasteiger partial charge in [0.2, 0.25) is 5.91 Å². The van der Waals surface area contributed by atoms with Crippen molar-refractivity contribution < 1.29 is 28.7 Å². The molecular weight excluding hydrogens is 775 g/mol. The molecule has 4 amide bonds. The topological polar surface area (TPSA) is 204 Å². The third kappa shape index (κ3) is 8.19. The summed E-state index contributed by atoms with van der Waals surface area (Å²) < 4.78 is 10.3. The maximum Gasteiger partial charge on any atom is 0.407 e. The summed E-state index contributed by atoms with van der Waals surface area (Å²) in [6.45, 7) is 6.36. The molecule has 6 N–H and O–H groups in total. The van der Waals surface area contributed by atoms with Crippen molar-refractivity contribution in [3.8, 4) is 33.6 Å². The van der Waals surface area contributed by atoms with Gasteiger partial charge in [0.15, 0.2) is 5.60 Å². The van der Waals surface area contributed by atoms with Gasteiger partial charge in [0.1, 0.15) is 17.7 Å². The lowest BCUT2D eigenvalue weighted by Gasteiger charge is -2.36. The molecule has 2 fully saturated rings. The second-order valence-electron chi connectivity index (χ2n) is 16.3. The fourth-order valence-electron chi connectivity index (χ4n) is 8.62. The Morgan fingerprint density at radius 1 is 0.820 bits per heavy atom. The first-order valence-corrected chi connectivity index (χ1v) is 20.7. The molecule has 4 atom stereocenters. The van der Waals surface area contributed by atoms with Crippen LogP contribution in [0.2, 0.25) is 0 Å². The van der Waals surface area contributed by atoms with Gasteiger partial charge in [-0.25, -0.2) is 19.6 Å². The number of carbonyl (C=O) groups is 4. The van der Waals surface area contributed by atoms with E-state index >= 15 is 0 Å². The number of hydrogen-bond donors (Lipinski definition) is 5. The molecule has 15 heteroatoms. The number of nitrogens with one attached hydrogen (secondary N) is 4. The number of rotatable bonds is 12. The molecule has 3 aromatic heterocycles. The molecule has 0 spiro atoms. The monoisotopic (exact) mass is 825 g/mol. The van der Waals surface area contributed by atoms with E-state index in [4.69, 9.17) is 20.2 Å². The first-order chi connectivity index (χ1) is 29.4. The van der Waals surface area contributed by atoms with E-state index < -0.39 is 23.8 Å². The second kappa shape index (κ2) is 17.0. The van der Waals surface area contributed by atoms with Crippen LogP contribution in [0.5, 0.6) is 0 Å². The number of methoxy groups -OCH3 is 1. The third-order valence-electron chi connectivity index (χ3n) is 12.3. The molecule has 0 aliphatic carbocycles. The van der Waals surface area contributed by atoms with Crippen molar-refractivity contribution in [3.63, 3.8) is 0 Å². The number of nitrogens with zero attached hydrogens (tertiary/aromatic N) is 4. The van der Waals surface area contributed by atoms with Crippen molar-refractivity contribution >= 4 is 34.9 Å². The minimum atomic E-state index is -1.38. The zero-order valence-corrected chi connectivity index (χ0v) is 34.7. The Balaban J connectivity index is 0.929. The van der Waals surface area contributed by atoms with Gasteiger partial charge in [-0.1, -0.05) is 80.6 Å². The molecule has 15 nitrogen and oxygen atoms in total. The number of amides is 4. The van der Waals surface area contributed by atoms with E-state index in [2.05, 4.69) is 49.5 Å². The van der Waals surface area contributed by atoms with Gasteiger partial charge in [0, 0.05) is 42.5 Å². The van der Waals surface area contributed by atoms with Gasteiger partial charge >= 0.3 is 12.2 Å². The van der Waals surface area contributed by atoms with Crippen LogP contribution in [0, 0.1) is 5.92 Å².